The minimum Gasteiger partial charge on any atom is -0.477 e. The highest BCUT2D eigenvalue weighted by molar-refractivity contribution is 5.72. The van der Waals surface area contributed by atoms with Crippen LogP contribution in [-0.4, -0.2) is 80.6 Å². The highest BCUT2D eigenvalue weighted by Gasteiger charge is 2.31. The van der Waals surface area contributed by atoms with Gasteiger partial charge in [-0.2, -0.15) is 0 Å². The summed E-state index contributed by atoms with van der Waals surface area (Å²) in [5, 5.41) is 9.62. The molecule has 59 heavy (non-hydrogen) atoms. The van der Waals surface area contributed by atoms with E-state index in [1.54, 1.807) is 0 Å². The predicted molar refractivity (Wildman–Crippen MR) is 247 cm³/mol. The van der Waals surface area contributed by atoms with Crippen molar-refractivity contribution < 1.29 is 38.2 Å². The standard InChI is InChI=1S/C51H77NO7/c1-6-8-10-12-14-16-18-20-22-24-25-26-28-30-32-34-36-38-40-42-50(54)59-47(45-57-44-43-48(51(55)56)52(3,4)5)46-58-49(53)41-39-37-35-33-31-29-27-23-21-19-17-15-13-11-9-7-2/h8-11,14-17,20-23,25-26,29-32,35-38,47-48H,6-7,12-13,18-19,24,27-28,33-34,39-46H2,1-5H3/p+1/b10-8+,11-9+,16-14+,17-15+,22-20+,23-21+,26-25+,31-29+,32-30+,37-35+,38-36+. The quantitative estimate of drug-likeness (QED) is 0.0291. The number of esters is 2. The molecule has 0 amide bonds. The second-order valence-corrected chi connectivity index (χ2v) is 14.8. The zero-order valence-electron chi connectivity index (χ0n) is 37.1. The second kappa shape index (κ2) is 40.3. The number of carboxylic acids is 1. The van der Waals surface area contributed by atoms with E-state index in [1.165, 1.54) is 0 Å². The minimum absolute atomic E-state index is 0.00279. The molecule has 0 bridgehead atoms. The Bertz CT molecular complexity index is 1420. The average Bonchev–Trinajstić information content (AvgIpc) is 3.19. The summed E-state index contributed by atoms with van der Waals surface area (Å²) in [6.45, 7) is 4.31. The van der Waals surface area contributed by atoms with E-state index in [1.807, 2.05) is 45.4 Å². The minimum atomic E-state index is -0.903. The number of carbonyl (C=O) groups is 3. The van der Waals surface area contributed by atoms with E-state index in [9.17, 15) is 19.5 Å². The van der Waals surface area contributed by atoms with E-state index in [2.05, 4.69) is 123 Å². The molecule has 0 aromatic rings. The van der Waals surface area contributed by atoms with Crippen LogP contribution in [0.15, 0.2) is 134 Å². The third-order valence-corrected chi connectivity index (χ3v) is 8.57. The summed E-state index contributed by atoms with van der Waals surface area (Å²) in [6.07, 6.45) is 58.1. The van der Waals surface area contributed by atoms with Gasteiger partial charge in [-0.1, -0.05) is 148 Å². The van der Waals surface area contributed by atoms with E-state index in [0.29, 0.717) is 12.8 Å². The summed E-state index contributed by atoms with van der Waals surface area (Å²) in [5.41, 5.74) is 0. The molecular formula is C51H78NO7+. The largest absolute Gasteiger partial charge is 0.477 e. The Labute approximate surface area is 358 Å². The van der Waals surface area contributed by atoms with E-state index in [4.69, 9.17) is 14.2 Å². The fourth-order valence-electron chi connectivity index (χ4n) is 5.28. The van der Waals surface area contributed by atoms with E-state index >= 15 is 0 Å². The van der Waals surface area contributed by atoms with Crippen LogP contribution in [0.25, 0.3) is 0 Å². The zero-order chi connectivity index (χ0) is 43.5. The molecule has 0 saturated heterocycles. The number of quaternary nitrogens is 1. The first-order valence-electron chi connectivity index (χ1n) is 21.7. The van der Waals surface area contributed by atoms with Gasteiger partial charge >= 0.3 is 17.9 Å². The Balaban J connectivity index is 4.63. The van der Waals surface area contributed by atoms with Crippen LogP contribution in [0.4, 0.5) is 0 Å². The maximum Gasteiger partial charge on any atom is 0.362 e. The van der Waals surface area contributed by atoms with Gasteiger partial charge < -0.3 is 23.8 Å². The molecule has 328 valence electrons. The molecule has 0 heterocycles. The number of aliphatic carboxylic acids is 1. The van der Waals surface area contributed by atoms with Gasteiger partial charge in [-0.25, -0.2) is 4.79 Å². The monoisotopic (exact) mass is 817 g/mol. The molecule has 0 aromatic heterocycles. The first-order valence-corrected chi connectivity index (χ1v) is 21.7. The molecule has 2 atom stereocenters. The molecular weight excluding hydrogens is 739 g/mol. The Kier molecular flexibility index (Phi) is 37.2. The van der Waals surface area contributed by atoms with Gasteiger partial charge in [-0.3, -0.25) is 9.59 Å². The van der Waals surface area contributed by atoms with E-state index in [0.717, 1.165) is 70.6 Å². The number of ether oxygens (including phenoxy) is 3. The number of likely N-dealkylation sites (N-methyl/N-ethyl adjacent to an activating group) is 1. The highest BCUT2D eigenvalue weighted by Crippen LogP contribution is 2.10. The van der Waals surface area contributed by atoms with Crippen molar-refractivity contribution in [3.05, 3.63) is 134 Å². The number of hydrogen-bond donors (Lipinski definition) is 1. The van der Waals surface area contributed by atoms with Crippen LogP contribution in [0.2, 0.25) is 0 Å². The Hall–Kier alpha value is -4.53. The average molecular weight is 817 g/mol. The normalized spacial score (nSPS) is 14.3. The third kappa shape index (κ3) is 38.7. The van der Waals surface area contributed by atoms with Gasteiger partial charge in [0.1, 0.15) is 6.61 Å². The molecule has 8 nitrogen and oxygen atoms in total. The van der Waals surface area contributed by atoms with Crippen LogP contribution in [-0.2, 0) is 28.6 Å². The predicted octanol–water partition coefficient (Wildman–Crippen LogP) is 12.0. The molecule has 0 rings (SSSR count). The van der Waals surface area contributed by atoms with Crippen LogP contribution in [0.1, 0.15) is 117 Å². The summed E-state index contributed by atoms with van der Waals surface area (Å²) in [4.78, 5) is 36.9. The first kappa shape index (κ1) is 54.5. The van der Waals surface area contributed by atoms with Gasteiger partial charge in [0.15, 0.2) is 12.1 Å². The van der Waals surface area contributed by atoms with Crippen molar-refractivity contribution in [3.8, 4) is 0 Å². The molecule has 0 aliphatic carbocycles. The molecule has 2 unspecified atom stereocenters. The molecule has 0 radical (unpaired) electrons. The number of nitrogens with zero attached hydrogens (tertiary/aromatic N) is 1. The lowest BCUT2D eigenvalue weighted by Crippen LogP contribution is -2.50. The molecule has 0 aliphatic rings. The topological polar surface area (TPSA) is 99.1 Å². The van der Waals surface area contributed by atoms with Crippen LogP contribution in [0.5, 0.6) is 0 Å². The molecule has 1 N–H and O–H groups in total. The third-order valence-electron chi connectivity index (χ3n) is 8.57. The Morgan fingerprint density at radius 1 is 0.492 bits per heavy atom. The van der Waals surface area contributed by atoms with Crippen molar-refractivity contribution in [2.75, 3.05) is 41.0 Å². The Morgan fingerprint density at radius 2 is 0.831 bits per heavy atom. The van der Waals surface area contributed by atoms with Gasteiger partial charge in [0.2, 0.25) is 0 Å². The lowest BCUT2D eigenvalue weighted by Gasteiger charge is -2.31. The van der Waals surface area contributed by atoms with Crippen LogP contribution in [0.3, 0.4) is 0 Å². The summed E-state index contributed by atoms with van der Waals surface area (Å²) >= 11 is 0. The number of hydrogen-bond acceptors (Lipinski definition) is 6. The van der Waals surface area contributed by atoms with Crippen LogP contribution in [0, 0.1) is 0 Å². The molecule has 8 heteroatoms. The van der Waals surface area contributed by atoms with Crippen molar-refractivity contribution in [3.63, 3.8) is 0 Å². The van der Waals surface area contributed by atoms with Crippen LogP contribution >= 0.6 is 0 Å². The highest BCUT2D eigenvalue weighted by atomic mass is 16.6. The second-order valence-electron chi connectivity index (χ2n) is 14.8. The van der Waals surface area contributed by atoms with Gasteiger partial charge in [0.05, 0.1) is 34.4 Å². The van der Waals surface area contributed by atoms with Gasteiger partial charge in [-0.05, 0) is 83.5 Å². The first-order chi connectivity index (χ1) is 28.6. The van der Waals surface area contributed by atoms with Crippen molar-refractivity contribution >= 4 is 17.9 Å². The van der Waals surface area contributed by atoms with Crippen molar-refractivity contribution in [1.29, 1.82) is 0 Å². The summed E-state index contributed by atoms with van der Waals surface area (Å²) in [6, 6.07) is -0.647. The molecule has 0 spiro atoms. The number of carboxylic acid groups (broad SMARTS) is 1. The van der Waals surface area contributed by atoms with Crippen LogP contribution < -0.4 is 0 Å². The lowest BCUT2D eigenvalue weighted by atomic mass is 10.1. The maximum absolute atomic E-state index is 12.7. The fourth-order valence-corrected chi connectivity index (χ4v) is 5.28. The maximum atomic E-state index is 12.7. The molecule has 0 aromatic carbocycles. The SMILES string of the molecule is CC/C=C/C/C=C/C/C=C/C/C=C/C/C=C/C/C=C/CCC(=O)OC(COCCC(C(=O)O)[N+](C)(C)C)COC(=O)CC/C=C/C/C=C/C/C=C/C/C=C/C/C=C/CC. The summed E-state index contributed by atoms with van der Waals surface area (Å²) < 4.78 is 17.1. The lowest BCUT2D eigenvalue weighted by molar-refractivity contribution is -0.887. The molecule has 0 saturated carbocycles. The number of rotatable bonds is 36. The van der Waals surface area contributed by atoms with Crippen molar-refractivity contribution in [2.24, 2.45) is 0 Å². The van der Waals surface area contributed by atoms with Crippen molar-refractivity contribution in [1.82, 2.24) is 0 Å². The molecule has 0 fully saturated rings. The zero-order valence-corrected chi connectivity index (χ0v) is 37.1. The van der Waals surface area contributed by atoms with E-state index < -0.39 is 24.1 Å². The summed E-state index contributed by atoms with van der Waals surface area (Å²) in [5.74, 6) is -1.71. The van der Waals surface area contributed by atoms with Gasteiger partial charge in [-0.15, -0.1) is 0 Å². The van der Waals surface area contributed by atoms with Crippen molar-refractivity contribution in [2.45, 2.75) is 129 Å². The van der Waals surface area contributed by atoms with Gasteiger partial charge in [0, 0.05) is 19.3 Å². The van der Waals surface area contributed by atoms with E-state index in [-0.39, 0.29) is 49.5 Å². The Morgan fingerprint density at radius 3 is 1.17 bits per heavy atom. The fraction of sp³-hybridized carbons (Fsp3) is 0.510. The number of carbonyl (C=O) groups excluding carboxylic acids is 2. The molecule has 0 aliphatic heterocycles. The summed E-state index contributed by atoms with van der Waals surface area (Å²) in [7, 11) is 5.46. The smallest absolute Gasteiger partial charge is 0.362 e. The number of allylic oxidation sites excluding steroid dienone is 22. The van der Waals surface area contributed by atoms with Gasteiger partial charge in [0.25, 0.3) is 0 Å².